The van der Waals surface area contributed by atoms with Gasteiger partial charge in [0.1, 0.15) is 19.0 Å². The first-order chi connectivity index (χ1) is 14.4. The molecule has 1 heterocycles. The molecule has 1 aliphatic rings. The van der Waals surface area contributed by atoms with Crippen molar-refractivity contribution in [3.05, 3.63) is 46.4 Å². The molecule has 8 nitrogen and oxygen atoms in total. The molecule has 2 amide bonds. The van der Waals surface area contributed by atoms with Crippen LogP contribution < -0.4 is 25.0 Å². The highest BCUT2D eigenvalue weighted by atomic mass is 79.9. The van der Waals surface area contributed by atoms with Gasteiger partial charge in [0.2, 0.25) is 5.91 Å². The van der Waals surface area contributed by atoms with Crippen LogP contribution in [-0.4, -0.2) is 37.3 Å². The molecule has 1 aliphatic heterocycles. The number of hydrazone groups is 1. The number of hydrogen-bond donors (Lipinski definition) is 2. The van der Waals surface area contributed by atoms with Crippen LogP contribution in [0.1, 0.15) is 18.9 Å². The molecule has 3 rings (SSSR count). The third kappa shape index (κ3) is 6.21. The van der Waals surface area contributed by atoms with Gasteiger partial charge in [0, 0.05) is 17.5 Å². The maximum atomic E-state index is 12.2. The van der Waals surface area contributed by atoms with E-state index in [0.29, 0.717) is 41.9 Å². The van der Waals surface area contributed by atoms with Crippen LogP contribution in [0, 0.1) is 6.92 Å². The van der Waals surface area contributed by atoms with E-state index in [1.54, 1.807) is 31.2 Å². The summed E-state index contributed by atoms with van der Waals surface area (Å²) in [6, 6.07) is 10.8. The molecule has 0 bridgehead atoms. The number of nitrogens with zero attached hydrogens (tertiary/aromatic N) is 1. The zero-order valence-corrected chi connectivity index (χ0v) is 18.2. The van der Waals surface area contributed by atoms with Gasteiger partial charge in [-0.2, -0.15) is 5.10 Å². The number of hydrogen-bond acceptors (Lipinski definition) is 6. The zero-order chi connectivity index (χ0) is 21.5. The van der Waals surface area contributed by atoms with E-state index in [1.807, 2.05) is 19.1 Å². The summed E-state index contributed by atoms with van der Waals surface area (Å²) in [6.07, 6.45) is 0.0269. The number of fused-ring (bicyclic) bond motifs is 1. The van der Waals surface area contributed by atoms with Crippen molar-refractivity contribution in [3.63, 3.8) is 0 Å². The van der Waals surface area contributed by atoms with Crippen LogP contribution in [0.25, 0.3) is 0 Å². The predicted molar refractivity (Wildman–Crippen MR) is 116 cm³/mol. The Kier molecular flexibility index (Phi) is 7.29. The molecule has 158 valence electrons. The first-order valence-corrected chi connectivity index (χ1v) is 10.1. The molecule has 0 atom stereocenters. The number of rotatable bonds is 7. The van der Waals surface area contributed by atoms with Gasteiger partial charge in [0.05, 0.1) is 10.9 Å². The second-order valence-electron chi connectivity index (χ2n) is 6.69. The lowest BCUT2D eigenvalue weighted by Crippen LogP contribution is -2.26. The lowest BCUT2D eigenvalue weighted by Gasteiger charge is -2.19. The molecule has 0 unspecified atom stereocenters. The Bertz CT molecular complexity index is 977. The van der Waals surface area contributed by atoms with Crippen LogP contribution in [0.4, 0.5) is 5.69 Å². The predicted octanol–water partition coefficient (Wildman–Crippen LogP) is 3.43. The van der Waals surface area contributed by atoms with E-state index in [9.17, 15) is 9.59 Å². The second-order valence-corrected chi connectivity index (χ2v) is 7.54. The smallest absolute Gasteiger partial charge is 0.277 e. The monoisotopic (exact) mass is 475 g/mol. The number of nitrogens with one attached hydrogen (secondary N) is 2. The maximum Gasteiger partial charge on any atom is 0.277 e. The molecular weight excluding hydrogens is 454 g/mol. The van der Waals surface area contributed by atoms with E-state index in [1.165, 1.54) is 0 Å². The molecule has 0 aliphatic carbocycles. The van der Waals surface area contributed by atoms with Crippen LogP contribution >= 0.6 is 15.9 Å². The quantitative estimate of drug-likeness (QED) is 0.472. The summed E-state index contributed by atoms with van der Waals surface area (Å²) in [7, 11) is 0. The minimum Gasteiger partial charge on any atom is -0.486 e. The van der Waals surface area contributed by atoms with Crippen molar-refractivity contribution in [2.24, 2.45) is 5.10 Å². The number of carbonyl (C=O) groups excluding carboxylic acids is 2. The molecule has 0 saturated carbocycles. The number of anilines is 1. The fourth-order valence-electron chi connectivity index (χ4n) is 2.65. The minimum atomic E-state index is -0.422. The molecule has 0 saturated heterocycles. The molecule has 0 fully saturated rings. The van der Waals surface area contributed by atoms with Gasteiger partial charge in [0.25, 0.3) is 5.91 Å². The Hall–Kier alpha value is -3.07. The molecule has 0 aromatic heterocycles. The Morgan fingerprint density at radius 1 is 1.10 bits per heavy atom. The maximum absolute atomic E-state index is 12.2. The second kappa shape index (κ2) is 10.1. The van der Waals surface area contributed by atoms with E-state index < -0.39 is 5.91 Å². The molecule has 2 aromatic carbocycles. The zero-order valence-electron chi connectivity index (χ0n) is 16.7. The van der Waals surface area contributed by atoms with Crippen LogP contribution in [0.5, 0.6) is 17.2 Å². The average Bonchev–Trinajstić information content (AvgIpc) is 2.71. The van der Waals surface area contributed by atoms with Gasteiger partial charge in [-0.05, 0) is 59.6 Å². The SMILES string of the molecule is C/C(CC(=O)Nc1ccc2c(c1)OCCO2)=N/NC(=O)COc1ccc(C)cc1Br. The van der Waals surface area contributed by atoms with Crippen molar-refractivity contribution >= 4 is 39.1 Å². The van der Waals surface area contributed by atoms with Crippen LogP contribution in [0.2, 0.25) is 0 Å². The van der Waals surface area contributed by atoms with E-state index in [4.69, 9.17) is 14.2 Å². The molecule has 0 spiro atoms. The van der Waals surface area contributed by atoms with Crippen LogP contribution in [0.3, 0.4) is 0 Å². The highest BCUT2D eigenvalue weighted by Gasteiger charge is 2.13. The first-order valence-electron chi connectivity index (χ1n) is 9.31. The van der Waals surface area contributed by atoms with Gasteiger partial charge >= 0.3 is 0 Å². The van der Waals surface area contributed by atoms with Crippen molar-refractivity contribution in [2.45, 2.75) is 20.3 Å². The van der Waals surface area contributed by atoms with Gasteiger partial charge in [-0.25, -0.2) is 5.43 Å². The lowest BCUT2D eigenvalue weighted by molar-refractivity contribution is -0.123. The van der Waals surface area contributed by atoms with Crippen molar-refractivity contribution in [1.29, 1.82) is 0 Å². The molecular formula is C21H22BrN3O5. The number of benzene rings is 2. The Morgan fingerprint density at radius 3 is 2.63 bits per heavy atom. The number of aryl methyl sites for hydroxylation is 1. The van der Waals surface area contributed by atoms with Crippen molar-refractivity contribution in [3.8, 4) is 17.2 Å². The Morgan fingerprint density at radius 2 is 1.87 bits per heavy atom. The normalized spacial score (nSPS) is 12.8. The standard InChI is InChI=1S/C21H22BrN3O5/c1-13-3-5-17(16(22)9-13)30-12-21(27)25-24-14(2)10-20(26)23-15-4-6-18-19(11-15)29-8-7-28-18/h3-6,9,11H,7-8,10,12H2,1-2H3,(H,23,26)(H,25,27)/b24-14-. The Labute approximate surface area is 182 Å². The summed E-state index contributed by atoms with van der Waals surface area (Å²) in [5.74, 6) is 1.13. The van der Waals surface area contributed by atoms with Gasteiger partial charge in [0.15, 0.2) is 18.1 Å². The fourth-order valence-corrected chi connectivity index (χ4v) is 3.26. The highest BCUT2D eigenvalue weighted by molar-refractivity contribution is 9.10. The molecule has 30 heavy (non-hydrogen) atoms. The largest absolute Gasteiger partial charge is 0.486 e. The molecule has 9 heteroatoms. The third-order valence-corrected chi connectivity index (χ3v) is 4.68. The summed E-state index contributed by atoms with van der Waals surface area (Å²) in [5, 5.41) is 6.71. The third-order valence-electron chi connectivity index (χ3n) is 4.06. The van der Waals surface area contributed by atoms with E-state index >= 15 is 0 Å². The van der Waals surface area contributed by atoms with Gasteiger partial charge in [-0.1, -0.05) is 6.07 Å². The molecule has 2 aromatic rings. The topological polar surface area (TPSA) is 98.3 Å². The summed E-state index contributed by atoms with van der Waals surface area (Å²) in [4.78, 5) is 24.1. The Balaban J connectivity index is 1.44. The summed E-state index contributed by atoms with van der Waals surface area (Å²) >= 11 is 3.39. The van der Waals surface area contributed by atoms with E-state index in [2.05, 4.69) is 31.8 Å². The highest BCUT2D eigenvalue weighted by Crippen LogP contribution is 2.32. The summed E-state index contributed by atoms with van der Waals surface area (Å²) in [5.41, 5.74) is 4.51. The molecule has 0 radical (unpaired) electrons. The van der Waals surface area contributed by atoms with Gasteiger partial charge in [-0.3, -0.25) is 9.59 Å². The first kappa shape index (κ1) is 21.6. The van der Waals surface area contributed by atoms with Gasteiger partial charge in [-0.15, -0.1) is 0 Å². The van der Waals surface area contributed by atoms with Crippen LogP contribution in [0.15, 0.2) is 46.0 Å². The number of halogens is 1. The number of amides is 2. The van der Waals surface area contributed by atoms with Crippen molar-refractivity contribution < 1.29 is 23.8 Å². The summed E-state index contributed by atoms with van der Waals surface area (Å²) in [6.45, 7) is 4.40. The van der Waals surface area contributed by atoms with Gasteiger partial charge < -0.3 is 19.5 Å². The number of carbonyl (C=O) groups is 2. The lowest BCUT2D eigenvalue weighted by atomic mass is 10.2. The fraction of sp³-hybridized carbons (Fsp3) is 0.286. The van der Waals surface area contributed by atoms with Crippen molar-refractivity contribution in [1.82, 2.24) is 5.43 Å². The van der Waals surface area contributed by atoms with Crippen molar-refractivity contribution in [2.75, 3.05) is 25.1 Å². The molecule has 2 N–H and O–H groups in total. The number of ether oxygens (including phenoxy) is 3. The minimum absolute atomic E-state index is 0.0269. The summed E-state index contributed by atoms with van der Waals surface area (Å²) < 4.78 is 17.2. The van der Waals surface area contributed by atoms with E-state index in [0.717, 1.165) is 10.0 Å². The van der Waals surface area contributed by atoms with E-state index in [-0.39, 0.29) is 18.9 Å². The average molecular weight is 476 g/mol. The van der Waals surface area contributed by atoms with Crippen LogP contribution in [-0.2, 0) is 9.59 Å².